The molecular weight excluding hydrogens is 312 g/mol. The van der Waals surface area contributed by atoms with Crippen molar-refractivity contribution in [1.82, 2.24) is 0 Å². The molecule has 0 unspecified atom stereocenters. The van der Waals surface area contributed by atoms with E-state index in [0.717, 1.165) is 6.07 Å². The Morgan fingerprint density at radius 3 is 2.78 bits per heavy atom. The highest BCUT2D eigenvalue weighted by molar-refractivity contribution is 9.10. The van der Waals surface area contributed by atoms with Crippen LogP contribution in [0.15, 0.2) is 22.7 Å². The van der Waals surface area contributed by atoms with E-state index in [1.54, 1.807) is 6.07 Å². The van der Waals surface area contributed by atoms with Crippen LogP contribution in [0, 0.1) is 11.3 Å². The summed E-state index contributed by atoms with van der Waals surface area (Å²) < 4.78 is 35.5. The molecule has 0 N–H and O–H groups in total. The minimum atomic E-state index is -4.13. The van der Waals surface area contributed by atoms with Gasteiger partial charge in [0.1, 0.15) is 11.8 Å². The largest absolute Gasteiger partial charge is 0.502 e. The summed E-state index contributed by atoms with van der Waals surface area (Å²) in [5.41, 5.74) is -0.117. The van der Waals surface area contributed by atoms with Crippen molar-refractivity contribution in [1.29, 1.82) is 5.26 Å². The Hall–Kier alpha value is -1.68. The van der Waals surface area contributed by atoms with Gasteiger partial charge in [-0.05, 0) is 25.1 Å². The number of ether oxygens (including phenoxy) is 2. The van der Waals surface area contributed by atoms with Crippen LogP contribution < -0.4 is 4.74 Å². The molecule has 7 heteroatoms. The van der Waals surface area contributed by atoms with Crippen molar-refractivity contribution in [2.45, 2.75) is 13.0 Å². The fourth-order valence-corrected chi connectivity index (χ4v) is 1.43. The number of rotatable bonds is 4. The van der Waals surface area contributed by atoms with E-state index in [9.17, 15) is 13.6 Å². The van der Waals surface area contributed by atoms with Crippen molar-refractivity contribution < 1.29 is 23.0 Å². The highest BCUT2D eigenvalue weighted by Gasteiger charge is 2.44. The van der Waals surface area contributed by atoms with Crippen LogP contribution in [0.1, 0.15) is 12.5 Å². The van der Waals surface area contributed by atoms with Gasteiger partial charge in [-0.2, -0.15) is 14.0 Å². The zero-order valence-electron chi connectivity index (χ0n) is 9.25. The van der Waals surface area contributed by atoms with E-state index >= 15 is 0 Å². The Morgan fingerprint density at radius 1 is 1.56 bits per heavy atom. The second-order valence-electron chi connectivity index (χ2n) is 3.09. The minimum Gasteiger partial charge on any atom is -0.459 e. The molecule has 0 radical (unpaired) electrons. The number of hydrogen-bond donors (Lipinski definition) is 0. The maximum atomic E-state index is 13.3. The number of halogens is 3. The maximum absolute atomic E-state index is 13.3. The zero-order valence-corrected chi connectivity index (χ0v) is 10.8. The second-order valence-corrected chi connectivity index (χ2v) is 4.01. The fraction of sp³-hybridized carbons (Fsp3) is 0.273. The van der Waals surface area contributed by atoms with Crippen LogP contribution in [-0.4, -0.2) is 18.7 Å². The monoisotopic (exact) mass is 319 g/mol. The van der Waals surface area contributed by atoms with E-state index < -0.39 is 17.8 Å². The molecular formula is C11H8BrF2NO3. The summed E-state index contributed by atoms with van der Waals surface area (Å²) in [5, 5.41) is 8.77. The number of alkyl halides is 2. The number of nitrogens with zero attached hydrogens (tertiary/aromatic N) is 1. The average molecular weight is 320 g/mol. The predicted molar refractivity (Wildman–Crippen MR) is 61.1 cm³/mol. The van der Waals surface area contributed by atoms with Gasteiger partial charge in [-0.25, -0.2) is 4.79 Å². The van der Waals surface area contributed by atoms with Crippen LogP contribution in [0.25, 0.3) is 0 Å². The molecule has 1 rings (SSSR count). The van der Waals surface area contributed by atoms with Crippen molar-refractivity contribution >= 4 is 21.9 Å². The average Bonchev–Trinajstić information content (AvgIpc) is 2.31. The van der Waals surface area contributed by atoms with Crippen molar-refractivity contribution in [3.63, 3.8) is 0 Å². The Kier molecular flexibility index (Phi) is 4.62. The number of carbonyl (C=O) groups is 1. The molecule has 0 aliphatic rings. The normalized spacial score (nSPS) is 10.6. The second kappa shape index (κ2) is 5.78. The Bertz CT molecular complexity index is 500. The third-order valence-corrected chi connectivity index (χ3v) is 2.31. The molecule has 0 saturated heterocycles. The van der Waals surface area contributed by atoms with Crippen LogP contribution in [0.4, 0.5) is 8.78 Å². The summed E-state index contributed by atoms with van der Waals surface area (Å²) in [5.74, 6) is -2.18. The lowest BCUT2D eigenvalue weighted by Crippen LogP contribution is -2.37. The predicted octanol–water partition coefficient (Wildman–Crippen LogP) is 2.86. The number of hydrogen-bond acceptors (Lipinski definition) is 4. The van der Waals surface area contributed by atoms with E-state index in [4.69, 9.17) is 5.26 Å². The summed E-state index contributed by atoms with van der Waals surface area (Å²) >= 11 is 3.08. The molecule has 0 aromatic heterocycles. The first-order valence-electron chi connectivity index (χ1n) is 4.84. The van der Waals surface area contributed by atoms with E-state index in [-0.39, 0.29) is 12.2 Å². The topological polar surface area (TPSA) is 59.3 Å². The first kappa shape index (κ1) is 14.4. The first-order valence-corrected chi connectivity index (χ1v) is 5.63. The van der Waals surface area contributed by atoms with Gasteiger partial charge in [0.15, 0.2) is 0 Å². The van der Waals surface area contributed by atoms with E-state index in [1.165, 1.54) is 19.1 Å². The SMILES string of the molecule is CCOC(=O)C(F)(F)Oc1ccc(Br)cc1C#N. The first-order chi connectivity index (χ1) is 8.40. The van der Waals surface area contributed by atoms with Gasteiger partial charge in [-0.3, -0.25) is 0 Å². The van der Waals surface area contributed by atoms with Crippen LogP contribution in [0.3, 0.4) is 0 Å². The number of esters is 1. The standard InChI is InChI=1S/C11H8BrF2NO3/c1-2-17-10(16)11(13,14)18-9-4-3-8(12)5-7(9)6-15/h3-5H,2H2,1H3. The molecule has 18 heavy (non-hydrogen) atoms. The van der Waals surface area contributed by atoms with Gasteiger partial charge in [-0.15, -0.1) is 0 Å². The molecule has 96 valence electrons. The molecule has 0 amide bonds. The Morgan fingerprint density at radius 2 is 2.22 bits per heavy atom. The minimum absolute atomic E-state index is 0.117. The van der Waals surface area contributed by atoms with Crippen LogP contribution in [-0.2, 0) is 9.53 Å². The van der Waals surface area contributed by atoms with Crippen molar-refractivity contribution in [3.05, 3.63) is 28.2 Å². The number of carbonyl (C=O) groups excluding carboxylic acids is 1. The summed E-state index contributed by atoms with van der Waals surface area (Å²) in [6.07, 6.45) is -4.13. The molecule has 0 bridgehead atoms. The van der Waals surface area contributed by atoms with Gasteiger partial charge in [0.05, 0.1) is 12.2 Å². The van der Waals surface area contributed by atoms with Crippen molar-refractivity contribution in [2.24, 2.45) is 0 Å². The molecule has 0 saturated carbocycles. The van der Waals surface area contributed by atoms with Gasteiger partial charge in [0, 0.05) is 4.47 Å². The highest BCUT2D eigenvalue weighted by atomic mass is 79.9. The maximum Gasteiger partial charge on any atom is 0.502 e. The molecule has 4 nitrogen and oxygen atoms in total. The molecule has 0 aliphatic carbocycles. The molecule has 0 fully saturated rings. The van der Waals surface area contributed by atoms with Crippen LogP contribution in [0.5, 0.6) is 5.75 Å². The Balaban J connectivity index is 2.97. The molecule has 1 aromatic rings. The lowest BCUT2D eigenvalue weighted by Gasteiger charge is -2.16. The Labute approximate surface area is 110 Å². The molecule has 0 aliphatic heterocycles. The smallest absolute Gasteiger partial charge is 0.459 e. The summed E-state index contributed by atoms with van der Waals surface area (Å²) in [7, 11) is 0. The van der Waals surface area contributed by atoms with Crippen LogP contribution in [0.2, 0.25) is 0 Å². The van der Waals surface area contributed by atoms with Gasteiger partial charge in [-0.1, -0.05) is 15.9 Å². The molecule has 1 aromatic carbocycles. The number of benzene rings is 1. The van der Waals surface area contributed by atoms with Gasteiger partial charge in [0.2, 0.25) is 0 Å². The quantitative estimate of drug-likeness (QED) is 0.801. The summed E-state index contributed by atoms with van der Waals surface area (Å²) in [6, 6.07) is 5.57. The highest BCUT2D eigenvalue weighted by Crippen LogP contribution is 2.28. The van der Waals surface area contributed by atoms with E-state index in [1.807, 2.05) is 0 Å². The number of nitriles is 1. The third-order valence-electron chi connectivity index (χ3n) is 1.81. The third kappa shape index (κ3) is 3.40. The van der Waals surface area contributed by atoms with Gasteiger partial charge >= 0.3 is 12.1 Å². The van der Waals surface area contributed by atoms with E-state index in [0.29, 0.717) is 4.47 Å². The molecule has 0 atom stereocenters. The zero-order chi connectivity index (χ0) is 13.8. The van der Waals surface area contributed by atoms with Gasteiger partial charge in [0.25, 0.3) is 0 Å². The summed E-state index contributed by atoms with van der Waals surface area (Å²) in [4.78, 5) is 10.9. The van der Waals surface area contributed by atoms with E-state index in [2.05, 4.69) is 25.4 Å². The van der Waals surface area contributed by atoms with Crippen molar-refractivity contribution in [2.75, 3.05) is 6.61 Å². The molecule has 0 heterocycles. The lowest BCUT2D eigenvalue weighted by molar-refractivity contribution is -0.216. The van der Waals surface area contributed by atoms with Crippen LogP contribution >= 0.6 is 15.9 Å². The fourth-order valence-electron chi connectivity index (χ4n) is 1.07. The summed E-state index contributed by atoms with van der Waals surface area (Å²) in [6.45, 7) is 1.21. The molecule has 0 spiro atoms. The van der Waals surface area contributed by atoms with Gasteiger partial charge < -0.3 is 9.47 Å². The van der Waals surface area contributed by atoms with Crippen molar-refractivity contribution in [3.8, 4) is 11.8 Å². The lowest BCUT2D eigenvalue weighted by atomic mass is 10.2.